The Bertz CT molecular complexity index is 289. The van der Waals surface area contributed by atoms with Crippen LogP contribution in [0, 0.1) is 6.92 Å². The van der Waals surface area contributed by atoms with Gasteiger partial charge in [0.05, 0.1) is 12.6 Å². The fraction of sp³-hybridized carbons (Fsp3) is 0.583. The molecule has 3 heteroatoms. The van der Waals surface area contributed by atoms with Crippen molar-refractivity contribution in [2.45, 2.75) is 26.3 Å². The summed E-state index contributed by atoms with van der Waals surface area (Å²) in [5.74, 6) is 0. The number of nitrogens with zero attached hydrogens (tertiary/aromatic N) is 1. The van der Waals surface area contributed by atoms with Gasteiger partial charge in [0.2, 0.25) is 0 Å². The van der Waals surface area contributed by atoms with E-state index in [0.29, 0.717) is 6.61 Å². The van der Waals surface area contributed by atoms with Gasteiger partial charge in [0, 0.05) is 19.0 Å². The standard InChI is InChI=1S/C12H20N2O/c1-4-6-14-12(9-15-3)11-5-7-13-10(2)8-11/h5,7-8,12,14H,4,6,9H2,1-3H3. The lowest BCUT2D eigenvalue weighted by atomic mass is 10.1. The minimum atomic E-state index is 0.275. The van der Waals surface area contributed by atoms with Crippen LogP contribution in [-0.2, 0) is 4.74 Å². The summed E-state index contributed by atoms with van der Waals surface area (Å²) in [5.41, 5.74) is 2.30. The molecule has 84 valence electrons. The third-order valence-corrected chi connectivity index (χ3v) is 2.30. The Morgan fingerprint density at radius 2 is 2.33 bits per heavy atom. The van der Waals surface area contributed by atoms with Gasteiger partial charge >= 0.3 is 0 Å². The first-order chi connectivity index (χ1) is 7.27. The van der Waals surface area contributed by atoms with Crippen molar-refractivity contribution in [3.05, 3.63) is 29.6 Å². The number of hydrogen-bond acceptors (Lipinski definition) is 3. The second-order valence-corrected chi connectivity index (χ2v) is 3.69. The van der Waals surface area contributed by atoms with Gasteiger partial charge in [-0.2, -0.15) is 0 Å². The quantitative estimate of drug-likeness (QED) is 0.777. The molecule has 1 aromatic rings. The molecule has 0 fully saturated rings. The molecule has 15 heavy (non-hydrogen) atoms. The van der Waals surface area contributed by atoms with Gasteiger partial charge < -0.3 is 10.1 Å². The molecule has 1 atom stereocenters. The first-order valence-corrected chi connectivity index (χ1v) is 5.42. The predicted octanol–water partition coefficient (Wildman–Crippen LogP) is 2.08. The number of nitrogens with one attached hydrogen (secondary N) is 1. The van der Waals surface area contributed by atoms with Gasteiger partial charge in [-0.15, -0.1) is 0 Å². The minimum absolute atomic E-state index is 0.275. The fourth-order valence-corrected chi connectivity index (χ4v) is 1.54. The fourth-order valence-electron chi connectivity index (χ4n) is 1.54. The van der Waals surface area contributed by atoms with Crippen LogP contribution >= 0.6 is 0 Å². The highest BCUT2D eigenvalue weighted by molar-refractivity contribution is 5.19. The van der Waals surface area contributed by atoms with E-state index in [0.717, 1.165) is 18.7 Å². The Balaban J connectivity index is 2.69. The molecule has 0 spiro atoms. The molecule has 0 aliphatic carbocycles. The van der Waals surface area contributed by atoms with E-state index in [2.05, 4.69) is 23.3 Å². The van der Waals surface area contributed by atoms with Crippen LogP contribution in [0.2, 0.25) is 0 Å². The zero-order valence-corrected chi connectivity index (χ0v) is 9.79. The maximum absolute atomic E-state index is 5.21. The van der Waals surface area contributed by atoms with Gasteiger partial charge in [-0.1, -0.05) is 6.92 Å². The summed E-state index contributed by atoms with van der Waals surface area (Å²) in [6, 6.07) is 4.42. The van der Waals surface area contributed by atoms with Gasteiger partial charge in [0.15, 0.2) is 0 Å². The second-order valence-electron chi connectivity index (χ2n) is 3.69. The van der Waals surface area contributed by atoms with Crippen LogP contribution in [-0.4, -0.2) is 25.2 Å². The average Bonchev–Trinajstić information content (AvgIpc) is 2.24. The van der Waals surface area contributed by atoms with Crippen molar-refractivity contribution in [3.8, 4) is 0 Å². The van der Waals surface area contributed by atoms with E-state index in [9.17, 15) is 0 Å². The van der Waals surface area contributed by atoms with Crippen molar-refractivity contribution in [2.24, 2.45) is 0 Å². The smallest absolute Gasteiger partial charge is 0.0657 e. The number of methoxy groups -OCH3 is 1. The van der Waals surface area contributed by atoms with Crippen molar-refractivity contribution in [3.63, 3.8) is 0 Å². The molecule has 0 aliphatic heterocycles. The van der Waals surface area contributed by atoms with Crippen LogP contribution in [0.3, 0.4) is 0 Å². The molecule has 0 aromatic carbocycles. The molecule has 1 N–H and O–H groups in total. The highest BCUT2D eigenvalue weighted by Crippen LogP contribution is 2.13. The third-order valence-electron chi connectivity index (χ3n) is 2.30. The summed E-state index contributed by atoms with van der Waals surface area (Å²) >= 11 is 0. The molecule has 0 saturated carbocycles. The lowest BCUT2D eigenvalue weighted by Crippen LogP contribution is -2.26. The topological polar surface area (TPSA) is 34.1 Å². The van der Waals surface area contributed by atoms with Crippen molar-refractivity contribution in [1.29, 1.82) is 0 Å². The van der Waals surface area contributed by atoms with E-state index in [1.807, 2.05) is 19.2 Å². The Morgan fingerprint density at radius 3 is 2.93 bits per heavy atom. The molecule has 1 rings (SSSR count). The summed E-state index contributed by atoms with van der Waals surface area (Å²) in [4.78, 5) is 4.19. The lowest BCUT2D eigenvalue weighted by molar-refractivity contribution is 0.167. The molecule has 0 saturated heterocycles. The zero-order chi connectivity index (χ0) is 11.1. The maximum atomic E-state index is 5.21. The lowest BCUT2D eigenvalue weighted by Gasteiger charge is -2.18. The van der Waals surface area contributed by atoms with E-state index >= 15 is 0 Å². The molecule has 0 amide bonds. The van der Waals surface area contributed by atoms with Crippen molar-refractivity contribution in [2.75, 3.05) is 20.3 Å². The molecule has 1 unspecified atom stereocenters. The van der Waals surface area contributed by atoms with Crippen LogP contribution in [0.4, 0.5) is 0 Å². The highest BCUT2D eigenvalue weighted by atomic mass is 16.5. The summed E-state index contributed by atoms with van der Waals surface area (Å²) in [7, 11) is 1.73. The SMILES string of the molecule is CCCNC(COC)c1ccnc(C)c1. The Hall–Kier alpha value is -0.930. The first kappa shape index (κ1) is 12.1. The van der Waals surface area contributed by atoms with Crippen molar-refractivity contribution in [1.82, 2.24) is 10.3 Å². The molecule has 3 nitrogen and oxygen atoms in total. The van der Waals surface area contributed by atoms with Crippen LogP contribution < -0.4 is 5.32 Å². The molecule has 1 heterocycles. The van der Waals surface area contributed by atoms with Gasteiger partial charge in [0.1, 0.15) is 0 Å². The highest BCUT2D eigenvalue weighted by Gasteiger charge is 2.09. The third kappa shape index (κ3) is 3.98. The average molecular weight is 208 g/mol. The van der Waals surface area contributed by atoms with Gasteiger partial charge in [0.25, 0.3) is 0 Å². The van der Waals surface area contributed by atoms with Crippen LogP contribution in [0.5, 0.6) is 0 Å². The van der Waals surface area contributed by atoms with Gasteiger partial charge in [-0.25, -0.2) is 0 Å². The Morgan fingerprint density at radius 1 is 1.53 bits per heavy atom. The molecule has 1 aromatic heterocycles. The molecule has 0 aliphatic rings. The predicted molar refractivity (Wildman–Crippen MR) is 61.9 cm³/mol. The summed E-state index contributed by atoms with van der Waals surface area (Å²) < 4.78 is 5.21. The molecule has 0 bridgehead atoms. The summed E-state index contributed by atoms with van der Waals surface area (Å²) in [6.07, 6.45) is 2.98. The first-order valence-electron chi connectivity index (χ1n) is 5.42. The van der Waals surface area contributed by atoms with Crippen LogP contribution in [0.1, 0.15) is 30.6 Å². The van der Waals surface area contributed by atoms with E-state index in [1.165, 1.54) is 5.56 Å². The summed E-state index contributed by atoms with van der Waals surface area (Å²) in [6.45, 7) is 5.88. The van der Waals surface area contributed by atoms with Gasteiger partial charge in [-0.05, 0) is 37.6 Å². The van der Waals surface area contributed by atoms with Crippen LogP contribution in [0.25, 0.3) is 0 Å². The number of ether oxygens (including phenoxy) is 1. The molecular formula is C12H20N2O. The van der Waals surface area contributed by atoms with E-state index < -0.39 is 0 Å². The summed E-state index contributed by atoms with van der Waals surface area (Å²) in [5, 5.41) is 3.46. The number of rotatable bonds is 6. The van der Waals surface area contributed by atoms with Gasteiger partial charge in [-0.3, -0.25) is 4.98 Å². The Labute approximate surface area is 91.9 Å². The number of hydrogen-bond donors (Lipinski definition) is 1. The monoisotopic (exact) mass is 208 g/mol. The van der Waals surface area contributed by atoms with E-state index in [-0.39, 0.29) is 6.04 Å². The van der Waals surface area contributed by atoms with E-state index in [4.69, 9.17) is 4.74 Å². The number of pyridine rings is 1. The molecule has 0 radical (unpaired) electrons. The molecular weight excluding hydrogens is 188 g/mol. The van der Waals surface area contributed by atoms with Crippen molar-refractivity contribution >= 4 is 0 Å². The van der Waals surface area contributed by atoms with Crippen molar-refractivity contribution < 1.29 is 4.74 Å². The maximum Gasteiger partial charge on any atom is 0.0657 e. The Kier molecular flexibility index (Phi) is 5.29. The number of aromatic nitrogens is 1. The number of aryl methyl sites for hydroxylation is 1. The largest absolute Gasteiger partial charge is 0.383 e. The van der Waals surface area contributed by atoms with Crippen LogP contribution in [0.15, 0.2) is 18.3 Å². The zero-order valence-electron chi connectivity index (χ0n) is 9.79. The minimum Gasteiger partial charge on any atom is -0.383 e. The second kappa shape index (κ2) is 6.53. The van der Waals surface area contributed by atoms with E-state index in [1.54, 1.807) is 7.11 Å². The normalized spacial score (nSPS) is 12.7.